The molecule has 6 heteroatoms. The van der Waals surface area contributed by atoms with Crippen LogP contribution in [0.1, 0.15) is 6.92 Å². The molecule has 0 saturated carbocycles. The molecule has 0 atom stereocenters. The van der Waals surface area contributed by atoms with Gasteiger partial charge in [-0.05, 0) is 6.92 Å². The molecule has 0 spiro atoms. The summed E-state index contributed by atoms with van der Waals surface area (Å²) in [5, 5.41) is 0. The number of ether oxygens (including phenoxy) is 1. The van der Waals surface area contributed by atoms with Crippen LogP contribution in [-0.2, 0) is 14.9 Å². The average molecular weight is 208 g/mol. The maximum atomic E-state index is 10.8. The van der Waals surface area contributed by atoms with Crippen LogP contribution >= 0.6 is 0 Å². The van der Waals surface area contributed by atoms with Gasteiger partial charge in [-0.25, -0.2) is 9.44 Å². The predicted octanol–water partition coefficient (Wildman–Crippen LogP) is -0.367. The first-order chi connectivity index (χ1) is 5.98. The van der Waals surface area contributed by atoms with Gasteiger partial charge in [-0.1, -0.05) is 12.2 Å². The molecule has 0 fully saturated rings. The maximum Gasteiger partial charge on any atom is 0.276 e. The molecule has 0 aliphatic heterocycles. The van der Waals surface area contributed by atoms with Gasteiger partial charge in [0.1, 0.15) is 0 Å². The second kappa shape index (κ2) is 6.09. The fourth-order valence-corrected chi connectivity index (χ4v) is 1.06. The highest BCUT2D eigenvalue weighted by Crippen LogP contribution is 1.86. The van der Waals surface area contributed by atoms with Crippen LogP contribution < -0.4 is 9.44 Å². The van der Waals surface area contributed by atoms with Crippen molar-refractivity contribution in [3.05, 3.63) is 12.2 Å². The van der Waals surface area contributed by atoms with Crippen molar-refractivity contribution in [2.24, 2.45) is 0 Å². The van der Waals surface area contributed by atoms with Gasteiger partial charge in [0.15, 0.2) is 0 Å². The SMILES string of the molecule is C=C(C)COCCNS(=O)(=O)NC. The number of hydrogen-bond acceptors (Lipinski definition) is 3. The minimum absolute atomic E-state index is 0.260. The van der Waals surface area contributed by atoms with Gasteiger partial charge >= 0.3 is 0 Å². The fourth-order valence-electron chi connectivity index (χ4n) is 0.567. The Kier molecular flexibility index (Phi) is 5.89. The molecule has 2 N–H and O–H groups in total. The smallest absolute Gasteiger partial charge is 0.276 e. The Morgan fingerprint density at radius 1 is 1.54 bits per heavy atom. The van der Waals surface area contributed by atoms with Crippen molar-refractivity contribution < 1.29 is 13.2 Å². The first-order valence-corrected chi connectivity index (χ1v) is 5.36. The standard InChI is InChI=1S/C7H16N2O3S/c1-7(2)6-12-5-4-9-13(10,11)8-3/h8-9H,1,4-6H2,2-3H3. The first-order valence-electron chi connectivity index (χ1n) is 3.88. The zero-order chi connectivity index (χ0) is 10.3. The van der Waals surface area contributed by atoms with Gasteiger partial charge in [0.2, 0.25) is 0 Å². The zero-order valence-corrected chi connectivity index (χ0v) is 8.78. The van der Waals surface area contributed by atoms with Gasteiger partial charge < -0.3 is 4.74 Å². The molecule has 0 radical (unpaired) electrons. The van der Waals surface area contributed by atoms with Gasteiger partial charge in [0.25, 0.3) is 10.2 Å². The van der Waals surface area contributed by atoms with E-state index in [1.807, 2.05) is 6.92 Å². The Balaban J connectivity index is 3.42. The monoisotopic (exact) mass is 208 g/mol. The van der Waals surface area contributed by atoms with Gasteiger partial charge in [0.05, 0.1) is 13.2 Å². The van der Waals surface area contributed by atoms with E-state index in [9.17, 15) is 8.42 Å². The van der Waals surface area contributed by atoms with Crippen molar-refractivity contribution in [1.82, 2.24) is 9.44 Å². The number of nitrogens with one attached hydrogen (secondary N) is 2. The third-order valence-electron chi connectivity index (χ3n) is 1.16. The Bertz CT molecular complexity index is 248. The Morgan fingerprint density at radius 3 is 2.62 bits per heavy atom. The summed E-state index contributed by atoms with van der Waals surface area (Å²) in [5.74, 6) is 0. The summed E-state index contributed by atoms with van der Waals surface area (Å²) in [5.41, 5.74) is 0.913. The molecule has 0 aromatic rings. The van der Waals surface area contributed by atoms with Crippen molar-refractivity contribution in [3.63, 3.8) is 0 Å². The summed E-state index contributed by atoms with van der Waals surface area (Å²) in [7, 11) is -1.98. The van der Waals surface area contributed by atoms with Crippen LogP contribution in [0.5, 0.6) is 0 Å². The molecular formula is C7H16N2O3S. The van der Waals surface area contributed by atoms with Crippen molar-refractivity contribution in [2.45, 2.75) is 6.92 Å². The lowest BCUT2D eigenvalue weighted by Gasteiger charge is -2.05. The van der Waals surface area contributed by atoms with E-state index in [0.29, 0.717) is 13.2 Å². The molecule has 78 valence electrons. The Labute approximate surface area is 79.3 Å². The van der Waals surface area contributed by atoms with Crippen LogP contribution in [0.25, 0.3) is 0 Å². The first kappa shape index (κ1) is 12.6. The van der Waals surface area contributed by atoms with Crippen LogP contribution in [0.2, 0.25) is 0 Å². The van der Waals surface area contributed by atoms with Crippen molar-refractivity contribution in [1.29, 1.82) is 0 Å². The third kappa shape index (κ3) is 7.92. The molecule has 0 saturated heterocycles. The molecule has 0 aliphatic carbocycles. The van der Waals surface area contributed by atoms with E-state index in [4.69, 9.17) is 4.74 Å². The summed E-state index contributed by atoms with van der Waals surface area (Å²) in [4.78, 5) is 0. The van der Waals surface area contributed by atoms with Gasteiger partial charge in [-0.15, -0.1) is 0 Å². The highest BCUT2D eigenvalue weighted by atomic mass is 32.2. The van der Waals surface area contributed by atoms with E-state index < -0.39 is 10.2 Å². The van der Waals surface area contributed by atoms with E-state index in [0.717, 1.165) is 5.57 Å². The molecule has 0 bridgehead atoms. The van der Waals surface area contributed by atoms with Gasteiger partial charge in [-0.3, -0.25) is 0 Å². The molecule has 0 rings (SSSR count). The summed E-state index contributed by atoms with van der Waals surface area (Å²) in [6, 6.07) is 0. The molecule has 0 aromatic heterocycles. The predicted molar refractivity (Wildman–Crippen MR) is 51.6 cm³/mol. The number of rotatable bonds is 7. The van der Waals surface area contributed by atoms with Gasteiger partial charge in [0, 0.05) is 13.6 Å². The third-order valence-corrected chi connectivity index (χ3v) is 2.28. The summed E-state index contributed by atoms with van der Waals surface area (Å²) in [6.45, 7) is 6.55. The summed E-state index contributed by atoms with van der Waals surface area (Å²) < 4.78 is 31.1. The highest BCUT2D eigenvalue weighted by Gasteiger charge is 2.02. The second-order valence-electron chi connectivity index (χ2n) is 2.61. The van der Waals surface area contributed by atoms with Crippen LogP contribution in [0, 0.1) is 0 Å². The molecular weight excluding hydrogens is 192 g/mol. The van der Waals surface area contributed by atoms with Gasteiger partial charge in [-0.2, -0.15) is 8.42 Å². The van der Waals surface area contributed by atoms with Crippen molar-refractivity contribution >= 4 is 10.2 Å². The van der Waals surface area contributed by atoms with Crippen LogP contribution in [0.3, 0.4) is 0 Å². The molecule has 0 heterocycles. The minimum Gasteiger partial charge on any atom is -0.376 e. The molecule has 0 aliphatic rings. The normalized spacial score (nSPS) is 11.5. The molecule has 0 aromatic carbocycles. The minimum atomic E-state index is -3.32. The maximum absolute atomic E-state index is 10.8. The lowest BCUT2D eigenvalue weighted by Crippen LogP contribution is -2.36. The van der Waals surface area contributed by atoms with Crippen molar-refractivity contribution in [2.75, 3.05) is 26.8 Å². The zero-order valence-electron chi connectivity index (χ0n) is 7.96. The van der Waals surface area contributed by atoms with E-state index in [1.165, 1.54) is 7.05 Å². The average Bonchev–Trinajstić information content (AvgIpc) is 2.03. The fraction of sp³-hybridized carbons (Fsp3) is 0.714. The van der Waals surface area contributed by atoms with Crippen LogP contribution in [0.4, 0.5) is 0 Å². The van der Waals surface area contributed by atoms with E-state index in [2.05, 4.69) is 16.0 Å². The highest BCUT2D eigenvalue weighted by molar-refractivity contribution is 7.87. The Morgan fingerprint density at radius 2 is 2.15 bits per heavy atom. The topological polar surface area (TPSA) is 67.4 Å². The lowest BCUT2D eigenvalue weighted by atomic mass is 10.4. The molecule has 5 nitrogen and oxygen atoms in total. The Hall–Kier alpha value is -0.430. The molecule has 13 heavy (non-hydrogen) atoms. The van der Waals surface area contributed by atoms with E-state index >= 15 is 0 Å². The van der Waals surface area contributed by atoms with E-state index in [-0.39, 0.29) is 6.54 Å². The van der Waals surface area contributed by atoms with E-state index in [1.54, 1.807) is 0 Å². The largest absolute Gasteiger partial charge is 0.376 e. The molecule has 0 unspecified atom stereocenters. The lowest BCUT2D eigenvalue weighted by molar-refractivity contribution is 0.162. The summed E-state index contributed by atoms with van der Waals surface area (Å²) in [6.07, 6.45) is 0. The van der Waals surface area contributed by atoms with Crippen molar-refractivity contribution in [3.8, 4) is 0 Å². The summed E-state index contributed by atoms with van der Waals surface area (Å²) >= 11 is 0. The quantitative estimate of drug-likeness (QED) is 0.443. The van der Waals surface area contributed by atoms with Crippen LogP contribution in [-0.4, -0.2) is 35.2 Å². The second-order valence-corrected chi connectivity index (χ2v) is 4.32. The molecule has 0 amide bonds. The van der Waals surface area contributed by atoms with Crippen LogP contribution in [0.15, 0.2) is 12.2 Å². The number of hydrogen-bond donors (Lipinski definition) is 2.